The van der Waals surface area contributed by atoms with E-state index in [9.17, 15) is 0 Å². The molecule has 0 aliphatic rings. The van der Waals surface area contributed by atoms with Gasteiger partial charge in [-0.05, 0) is 128 Å². The van der Waals surface area contributed by atoms with Gasteiger partial charge >= 0.3 is 0 Å². The molecule has 2 nitrogen and oxygen atoms in total. The Morgan fingerprint density at radius 3 is 1.07 bits per heavy atom. The van der Waals surface area contributed by atoms with E-state index in [1.165, 1.54) is 93.8 Å². The minimum atomic E-state index is -0.170. The molecule has 0 N–H and O–H groups in total. The van der Waals surface area contributed by atoms with Crippen LogP contribution < -0.4 is 9.80 Å². The largest absolute Gasteiger partial charge is 0.309 e. The van der Waals surface area contributed by atoms with Crippen molar-refractivity contribution >= 4 is 66.4 Å². The molecule has 0 spiro atoms. The second-order valence-electron chi connectivity index (χ2n) is 22.1. The van der Waals surface area contributed by atoms with E-state index in [4.69, 9.17) is 0 Å². The SMILES string of the molecule is Cc1ccc(N(c2cc(-c3ccccc3)ccc2C(C)(C)C)c2cc(N(c3ccc(C)cc3)c3cc(-c4ccccc4)ccc3C(C)(C)C)c3ccc4cc(C(C)(C)C)cc5ccc2c3c54)cc1. The molecule has 0 aliphatic carbocycles. The molecular weight excluding hydrogens is 821 g/mol. The Balaban J connectivity index is 1.39. The van der Waals surface area contributed by atoms with E-state index in [0.717, 1.165) is 22.7 Å². The number of hydrogen-bond acceptors (Lipinski definition) is 2. The predicted octanol–water partition coefficient (Wildman–Crippen LogP) is 19.4. The lowest BCUT2D eigenvalue weighted by Gasteiger charge is -2.36. The standard InChI is InChI=1S/C66H64N2/c1-43-22-30-52(31-23-43)67(60-40-47(45-18-14-12-15-19-45)28-36-56(60)65(6,7)8)58-42-59(55-35-27-50-39-51(64(3,4)5)38-49-26-34-54(58)63(55)62(49)50)68(53-32-24-44(2)25-33-53)61-41-48(46-20-16-13-17-21-46)29-37-57(61)66(9,10)11/h12-42H,1-11H3. The molecule has 10 aromatic carbocycles. The van der Waals surface area contributed by atoms with Crippen LogP contribution in [0.1, 0.15) is 90.1 Å². The van der Waals surface area contributed by atoms with Crippen LogP contribution in [-0.4, -0.2) is 0 Å². The van der Waals surface area contributed by atoms with Gasteiger partial charge in [-0.1, -0.05) is 219 Å². The summed E-state index contributed by atoms with van der Waals surface area (Å²) in [6, 6.07) is 71.1. The second kappa shape index (κ2) is 16.9. The highest BCUT2D eigenvalue weighted by Gasteiger charge is 2.31. The van der Waals surface area contributed by atoms with Crippen LogP contribution in [0.5, 0.6) is 0 Å². The number of hydrogen-bond donors (Lipinski definition) is 0. The highest BCUT2D eigenvalue weighted by Crippen LogP contribution is 2.53. The zero-order chi connectivity index (χ0) is 47.7. The zero-order valence-corrected chi connectivity index (χ0v) is 41.8. The van der Waals surface area contributed by atoms with Gasteiger partial charge < -0.3 is 9.80 Å². The molecule has 0 fully saturated rings. The van der Waals surface area contributed by atoms with Crippen molar-refractivity contribution < 1.29 is 0 Å². The highest BCUT2D eigenvalue weighted by atomic mass is 15.2. The lowest BCUT2D eigenvalue weighted by Crippen LogP contribution is -2.21. The van der Waals surface area contributed by atoms with Crippen molar-refractivity contribution in [1.82, 2.24) is 0 Å². The summed E-state index contributed by atoms with van der Waals surface area (Å²) in [6.45, 7) is 25.4. The third kappa shape index (κ3) is 8.21. The van der Waals surface area contributed by atoms with Gasteiger partial charge in [0.25, 0.3) is 0 Å². The smallest absolute Gasteiger partial charge is 0.0561 e. The van der Waals surface area contributed by atoms with E-state index in [-0.39, 0.29) is 16.2 Å². The van der Waals surface area contributed by atoms with Crippen LogP contribution in [-0.2, 0) is 16.2 Å². The molecule has 0 heterocycles. The lowest BCUT2D eigenvalue weighted by atomic mass is 9.82. The topological polar surface area (TPSA) is 6.48 Å². The first-order valence-corrected chi connectivity index (χ1v) is 24.3. The maximum absolute atomic E-state index is 2.57. The summed E-state index contributed by atoms with van der Waals surface area (Å²) in [5.74, 6) is 0. The maximum Gasteiger partial charge on any atom is 0.0561 e. The molecule has 0 atom stereocenters. The van der Waals surface area contributed by atoms with Crippen molar-refractivity contribution in [2.75, 3.05) is 9.80 Å². The van der Waals surface area contributed by atoms with Crippen molar-refractivity contribution in [3.63, 3.8) is 0 Å². The van der Waals surface area contributed by atoms with Crippen LogP contribution in [0.15, 0.2) is 188 Å². The number of aryl methyl sites for hydroxylation is 2. The average Bonchev–Trinajstić information content (AvgIpc) is 3.32. The lowest BCUT2D eigenvalue weighted by molar-refractivity contribution is 0.591. The summed E-state index contributed by atoms with van der Waals surface area (Å²) >= 11 is 0. The van der Waals surface area contributed by atoms with Gasteiger partial charge in [0.1, 0.15) is 0 Å². The fraction of sp³-hybridized carbons (Fsp3) is 0.212. The zero-order valence-electron chi connectivity index (χ0n) is 41.8. The van der Waals surface area contributed by atoms with Crippen molar-refractivity contribution in [2.45, 2.75) is 92.4 Å². The van der Waals surface area contributed by atoms with Gasteiger partial charge in [-0.2, -0.15) is 0 Å². The monoisotopic (exact) mass is 885 g/mol. The number of rotatable bonds is 8. The summed E-state index contributed by atoms with van der Waals surface area (Å²) in [7, 11) is 0. The molecule has 0 unspecified atom stereocenters. The van der Waals surface area contributed by atoms with Gasteiger partial charge in [-0.15, -0.1) is 0 Å². The average molecular weight is 885 g/mol. The first-order valence-electron chi connectivity index (χ1n) is 24.3. The highest BCUT2D eigenvalue weighted by molar-refractivity contribution is 6.29. The molecule has 2 heteroatoms. The van der Waals surface area contributed by atoms with Gasteiger partial charge in [-0.25, -0.2) is 0 Å². The Morgan fingerprint density at radius 1 is 0.309 bits per heavy atom. The van der Waals surface area contributed by atoms with E-state index in [1.54, 1.807) is 0 Å². The third-order valence-corrected chi connectivity index (χ3v) is 13.9. The molecule has 0 amide bonds. The van der Waals surface area contributed by atoms with Crippen LogP contribution >= 0.6 is 0 Å². The summed E-state index contributed by atoms with van der Waals surface area (Å²) in [5.41, 5.74) is 17.6. The minimum absolute atomic E-state index is 0.00843. The molecule has 0 aliphatic heterocycles. The molecule has 0 radical (unpaired) electrons. The Hall–Kier alpha value is -7.16. The fourth-order valence-corrected chi connectivity index (χ4v) is 10.2. The number of nitrogens with zero attached hydrogens (tertiary/aromatic N) is 2. The van der Waals surface area contributed by atoms with E-state index >= 15 is 0 Å². The van der Waals surface area contributed by atoms with E-state index < -0.39 is 0 Å². The van der Waals surface area contributed by atoms with Gasteiger partial charge in [0.15, 0.2) is 0 Å². The van der Waals surface area contributed by atoms with Crippen molar-refractivity contribution in [3.8, 4) is 22.3 Å². The van der Waals surface area contributed by atoms with Crippen LogP contribution in [0.2, 0.25) is 0 Å². The quantitative estimate of drug-likeness (QED) is 0.140. The molecule has 0 bridgehead atoms. The number of anilines is 6. The van der Waals surface area contributed by atoms with Crippen LogP contribution in [0.25, 0.3) is 54.6 Å². The molecule has 10 aromatic rings. The summed E-state index contributed by atoms with van der Waals surface area (Å²) in [6.07, 6.45) is 0. The molecule has 10 rings (SSSR count). The Labute approximate surface area is 404 Å². The Kier molecular flexibility index (Phi) is 11.1. The Bertz CT molecular complexity index is 3210. The summed E-state index contributed by atoms with van der Waals surface area (Å²) in [4.78, 5) is 5.14. The number of benzene rings is 10. The van der Waals surface area contributed by atoms with Crippen molar-refractivity contribution in [1.29, 1.82) is 0 Å². The van der Waals surface area contributed by atoms with Crippen molar-refractivity contribution in [3.05, 3.63) is 216 Å². The minimum Gasteiger partial charge on any atom is -0.309 e. The maximum atomic E-state index is 2.57. The molecular formula is C66H64N2. The van der Waals surface area contributed by atoms with E-state index in [1.807, 2.05) is 0 Å². The Morgan fingerprint density at radius 2 is 0.706 bits per heavy atom. The van der Waals surface area contributed by atoms with Crippen molar-refractivity contribution in [2.24, 2.45) is 0 Å². The molecule has 338 valence electrons. The van der Waals surface area contributed by atoms with Crippen LogP contribution in [0.4, 0.5) is 34.1 Å². The summed E-state index contributed by atoms with van der Waals surface area (Å²) in [5, 5.41) is 7.53. The summed E-state index contributed by atoms with van der Waals surface area (Å²) < 4.78 is 0. The van der Waals surface area contributed by atoms with Crippen LogP contribution in [0, 0.1) is 13.8 Å². The van der Waals surface area contributed by atoms with Crippen LogP contribution in [0.3, 0.4) is 0 Å². The molecule has 0 aromatic heterocycles. The first kappa shape index (κ1) is 44.7. The second-order valence-corrected chi connectivity index (χ2v) is 22.1. The fourth-order valence-electron chi connectivity index (χ4n) is 10.2. The van der Waals surface area contributed by atoms with Gasteiger partial charge in [0.2, 0.25) is 0 Å². The molecule has 68 heavy (non-hydrogen) atoms. The normalized spacial score (nSPS) is 12.3. The first-order chi connectivity index (χ1) is 32.4. The molecule has 0 saturated heterocycles. The molecule has 0 saturated carbocycles. The predicted molar refractivity (Wildman–Crippen MR) is 296 cm³/mol. The van der Waals surface area contributed by atoms with Gasteiger partial charge in [0, 0.05) is 27.5 Å². The van der Waals surface area contributed by atoms with Gasteiger partial charge in [-0.3, -0.25) is 0 Å². The van der Waals surface area contributed by atoms with Gasteiger partial charge in [0.05, 0.1) is 22.7 Å². The van der Waals surface area contributed by atoms with E-state index in [0.29, 0.717) is 0 Å². The van der Waals surface area contributed by atoms with E-state index in [2.05, 4.69) is 274 Å². The third-order valence-electron chi connectivity index (χ3n) is 13.9.